The summed E-state index contributed by atoms with van der Waals surface area (Å²) in [5, 5.41) is 4.41. The van der Waals surface area contributed by atoms with Crippen LogP contribution in [0.4, 0.5) is 5.82 Å². The van der Waals surface area contributed by atoms with E-state index in [1.54, 1.807) is 13.4 Å². The number of hydrogen-bond acceptors (Lipinski definition) is 6. The first-order valence-corrected chi connectivity index (χ1v) is 10.1. The number of fused-ring (bicyclic) bond motifs is 1. The summed E-state index contributed by atoms with van der Waals surface area (Å²) in [6.45, 7) is 0.291. The van der Waals surface area contributed by atoms with Crippen molar-refractivity contribution in [1.82, 2.24) is 14.9 Å². The lowest BCUT2D eigenvalue weighted by Crippen LogP contribution is -2.28. The summed E-state index contributed by atoms with van der Waals surface area (Å²) in [5.74, 6) is 1.32. The molecule has 0 atom stereocenters. The maximum atomic E-state index is 12.0. The molecule has 1 aromatic heterocycles. The van der Waals surface area contributed by atoms with Crippen LogP contribution >= 0.6 is 0 Å². The first kappa shape index (κ1) is 18.5. The Hall–Kier alpha value is -3.48. The van der Waals surface area contributed by atoms with Crippen LogP contribution in [0.1, 0.15) is 31.2 Å². The number of benzene rings is 2. The second kappa shape index (κ2) is 7.40. The lowest BCUT2D eigenvalue weighted by molar-refractivity contribution is -0.139. The summed E-state index contributed by atoms with van der Waals surface area (Å²) in [4.78, 5) is 34.1. The molecule has 0 unspecified atom stereocenters. The largest absolute Gasteiger partial charge is 0.496 e. The number of aromatic nitrogens is 2. The van der Waals surface area contributed by atoms with Gasteiger partial charge in [-0.05, 0) is 36.1 Å². The average Bonchev–Trinajstić information content (AvgIpc) is 3.53. The molecule has 1 saturated carbocycles. The maximum Gasteiger partial charge on any atom is 0.229 e. The number of anilines is 1. The summed E-state index contributed by atoms with van der Waals surface area (Å²) in [6.07, 6.45) is 4.48. The van der Waals surface area contributed by atoms with E-state index in [0.717, 1.165) is 46.3 Å². The number of nitrogens with one attached hydrogen (secondary N) is 1. The van der Waals surface area contributed by atoms with E-state index in [1.807, 2.05) is 36.4 Å². The van der Waals surface area contributed by atoms with E-state index in [-0.39, 0.29) is 11.8 Å². The molecule has 7 heteroatoms. The molecule has 0 spiro atoms. The molecule has 1 aliphatic carbocycles. The van der Waals surface area contributed by atoms with E-state index < -0.39 is 0 Å². The van der Waals surface area contributed by atoms with Crippen molar-refractivity contribution in [1.29, 1.82) is 0 Å². The van der Waals surface area contributed by atoms with Gasteiger partial charge in [-0.25, -0.2) is 9.97 Å². The standard InChI is InChI=1S/C23H22N4O3/c1-30-20-11-19-18(23(25-13-24-19)26-16-5-6-16)10-17(20)15-4-2-3-14(9-15)12-27-21(28)7-8-22(27)29/h2-4,9-11,13,16H,5-8,12H2,1H3,(H,24,25,26). The van der Waals surface area contributed by atoms with Crippen LogP contribution in [0, 0.1) is 0 Å². The van der Waals surface area contributed by atoms with Crippen LogP contribution in [-0.4, -0.2) is 39.8 Å². The number of nitrogens with zero attached hydrogens (tertiary/aromatic N) is 3. The van der Waals surface area contributed by atoms with Crippen molar-refractivity contribution in [3.8, 4) is 16.9 Å². The quantitative estimate of drug-likeness (QED) is 0.635. The topological polar surface area (TPSA) is 84.4 Å². The SMILES string of the molecule is COc1cc2ncnc(NC3CC3)c2cc1-c1cccc(CN2C(=O)CCC2=O)c1. The van der Waals surface area contributed by atoms with Crippen molar-refractivity contribution in [2.24, 2.45) is 0 Å². The lowest BCUT2D eigenvalue weighted by atomic mass is 10.00. The van der Waals surface area contributed by atoms with Gasteiger partial charge in [0.1, 0.15) is 17.9 Å². The Morgan fingerprint density at radius 3 is 2.63 bits per heavy atom. The van der Waals surface area contributed by atoms with Gasteiger partial charge in [-0.1, -0.05) is 18.2 Å². The van der Waals surface area contributed by atoms with Crippen molar-refractivity contribution >= 4 is 28.5 Å². The molecular formula is C23H22N4O3. The zero-order chi connectivity index (χ0) is 20.7. The first-order valence-electron chi connectivity index (χ1n) is 10.1. The molecule has 2 fully saturated rings. The minimum atomic E-state index is -0.110. The normalized spacial score (nSPS) is 16.4. The smallest absolute Gasteiger partial charge is 0.229 e. The molecule has 0 radical (unpaired) electrons. The molecule has 0 bridgehead atoms. The Balaban J connectivity index is 1.54. The minimum Gasteiger partial charge on any atom is -0.496 e. The fraction of sp³-hybridized carbons (Fsp3) is 0.304. The fourth-order valence-corrected chi connectivity index (χ4v) is 3.83. The van der Waals surface area contributed by atoms with Gasteiger partial charge in [0.2, 0.25) is 11.8 Å². The van der Waals surface area contributed by atoms with Gasteiger partial charge < -0.3 is 10.1 Å². The summed E-state index contributed by atoms with van der Waals surface area (Å²) in [6, 6.07) is 12.3. The number of ether oxygens (including phenoxy) is 1. The summed E-state index contributed by atoms with van der Waals surface area (Å²) >= 11 is 0. The van der Waals surface area contributed by atoms with Gasteiger partial charge in [-0.2, -0.15) is 0 Å². The number of methoxy groups -OCH3 is 1. The van der Waals surface area contributed by atoms with Crippen LogP contribution in [0.15, 0.2) is 42.7 Å². The number of imide groups is 1. The van der Waals surface area contributed by atoms with Gasteiger partial charge in [0.25, 0.3) is 0 Å². The highest BCUT2D eigenvalue weighted by Crippen LogP contribution is 2.37. The van der Waals surface area contributed by atoms with Crippen molar-refractivity contribution in [2.75, 3.05) is 12.4 Å². The molecule has 1 N–H and O–H groups in total. The van der Waals surface area contributed by atoms with Crippen LogP contribution < -0.4 is 10.1 Å². The van der Waals surface area contributed by atoms with E-state index in [2.05, 4.69) is 15.3 Å². The molecule has 3 aromatic rings. The average molecular weight is 402 g/mol. The van der Waals surface area contributed by atoms with Gasteiger partial charge in [-0.15, -0.1) is 0 Å². The predicted molar refractivity (Wildman–Crippen MR) is 113 cm³/mol. The third-order valence-electron chi connectivity index (χ3n) is 5.61. The lowest BCUT2D eigenvalue weighted by Gasteiger charge is -2.16. The molecule has 2 amide bonds. The van der Waals surface area contributed by atoms with Crippen molar-refractivity contribution in [2.45, 2.75) is 38.3 Å². The van der Waals surface area contributed by atoms with Crippen LogP contribution in [-0.2, 0) is 16.1 Å². The van der Waals surface area contributed by atoms with Crippen molar-refractivity contribution in [3.05, 3.63) is 48.3 Å². The number of likely N-dealkylation sites (tertiary alicyclic amines) is 1. The minimum absolute atomic E-state index is 0.110. The third-order valence-corrected chi connectivity index (χ3v) is 5.61. The van der Waals surface area contributed by atoms with Gasteiger partial charge in [-0.3, -0.25) is 14.5 Å². The van der Waals surface area contributed by atoms with Crippen LogP contribution in [0.3, 0.4) is 0 Å². The highest BCUT2D eigenvalue weighted by Gasteiger charge is 2.28. The molecule has 2 heterocycles. The van der Waals surface area contributed by atoms with E-state index >= 15 is 0 Å². The second-order valence-electron chi connectivity index (χ2n) is 7.78. The van der Waals surface area contributed by atoms with Gasteiger partial charge in [0.05, 0.1) is 19.2 Å². The zero-order valence-corrected chi connectivity index (χ0v) is 16.7. The van der Waals surface area contributed by atoms with E-state index in [9.17, 15) is 9.59 Å². The first-order chi connectivity index (χ1) is 14.6. The van der Waals surface area contributed by atoms with E-state index in [4.69, 9.17) is 4.74 Å². The predicted octanol–water partition coefficient (Wildman–Crippen LogP) is 3.53. The summed E-state index contributed by atoms with van der Waals surface area (Å²) in [7, 11) is 1.64. The molecule has 2 aromatic carbocycles. The van der Waals surface area contributed by atoms with Gasteiger partial charge in [0, 0.05) is 35.9 Å². The second-order valence-corrected chi connectivity index (χ2v) is 7.78. The Labute approximate surface area is 174 Å². The molecule has 2 aliphatic rings. The number of carbonyl (C=O) groups excluding carboxylic acids is 2. The Kier molecular flexibility index (Phi) is 4.58. The van der Waals surface area contributed by atoms with Crippen molar-refractivity contribution in [3.63, 3.8) is 0 Å². The molecule has 7 nitrogen and oxygen atoms in total. The van der Waals surface area contributed by atoms with Crippen molar-refractivity contribution < 1.29 is 14.3 Å². The monoisotopic (exact) mass is 402 g/mol. The van der Waals surface area contributed by atoms with Gasteiger partial charge >= 0.3 is 0 Å². The van der Waals surface area contributed by atoms with Gasteiger partial charge in [0.15, 0.2) is 0 Å². The Bertz CT molecular complexity index is 1140. The van der Waals surface area contributed by atoms with Crippen LogP contribution in [0.2, 0.25) is 0 Å². The van der Waals surface area contributed by atoms with E-state index in [0.29, 0.717) is 31.2 Å². The van der Waals surface area contributed by atoms with Crippen LogP contribution in [0.5, 0.6) is 5.75 Å². The maximum absolute atomic E-state index is 12.0. The molecule has 5 rings (SSSR count). The number of hydrogen-bond donors (Lipinski definition) is 1. The Morgan fingerprint density at radius 2 is 1.90 bits per heavy atom. The molecule has 152 valence electrons. The molecule has 1 saturated heterocycles. The molecular weight excluding hydrogens is 380 g/mol. The number of amides is 2. The Morgan fingerprint density at radius 1 is 1.10 bits per heavy atom. The number of rotatable bonds is 6. The highest BCUT2D eigenvalue weighted by molar-refractivity contribution is 6.02. The zero-order valence-electron chi connectivity index (χ0n) is 16.7. The molecule has 1 aliphatic heterocycles. The molecule has 30 heavy (non-hydrogen) atoms. The third kappa shape index (κ3) is 3.47. The fourth-order valence-electron chi connectivity index (χ4n) is 3.83. The van der Waals surface area contributed by atoms with E-state index in [1.165, 1.54) is 4.90 Å². The number of carbonyl (C=O) groups is 2. The summed E-state index contributed by atoms with van der Waals surface area (Å²) < 4.78 is 5.65. The highest BCUT2D eigenvalue weighted by atomic mass is 16.5. The summed E-state index contributed by atoms with van der Waals surface area (Å²) in [5.41, 5.74) is 3.59. The van der Waals surface area contributed by atoms with Crippen LogP contribution in [0.25, 0.3) is 22.0 Å².